The van der Waals surface area contributed by atoms with Gasteiger partial charge in [-0.25, -0.2) is 8.42 Å². The van der Waals surface area contributed by atoms with E-state index < -0.39 is 9.84 Å². The van der Waals surface area contributed by atoms with E-state index in [4.69, 9.17) is 23.2 Å². The van der Waals surface area contributed by atoms with E-state index in [1.165, 1.54) is 11.8 Å². The van der Waals surface area contributed by atoms with Gasteiger partial charge in [0.2, 0.25) is 5.91 Å². The number of hydrogen-bond acceptors (Lipinski definition) is 6. The smallest absolute Gasteiger partial charge is 0.234 e. The van der Waals surface area contributed by atoms with Crippen LogP contribution in [0.15, 0.2) is 47.5 Å². The number of carbonyl (C=O) groups excluding carboxylic acids is 1. The molecule has 2 aliphatic heterocycles. The van der Waals surface area contributed by atoms with Gasteiger partial charge >= 0.3 is 0 Å². The number of aliphatic imine (C=N–C) groups is 1. The molecule has 0 bridgehead atoms. The van der Waals surface area contributed by atoms with Gasteiger partial charge in [-0.15, -0.1) is 0 Å². The predicted molar refractivity (Wildman–Crippen MR) is 125 cm³/mol. The van der Waals surface area contributed by atoms with Crippen molar-refractivity contribution >= 4 is 67.3 Å². The lowest BCUT2D eigenvalue weighted by Gasteiger charge is -2.26. The molecule has 0 radical (unpaired) electrons. The fraction of sp³-hybridized carbons (Fsp3) is 0.300. The number of amidine groups is 1. The maximum absolute atomic E-state index is 12.5. The van der Waals surface area contributed by atoms with E-state index in [2.05, 4.69) is 10.3 Å². The summed E-state index contributed by atoms with van der Waals surface area (Å²) in [6, 6.07) is 11.9. The molecule has 1 fully saturated rings. The predicted octanol–water partition coefficient (Wildman–Crippen LogP) is 4.02. The van der Waals surface area contributed by atoms with Gasteiger partial charge in [0.1, 0.15) is 0 Å². The second kappa shape index (κ2) is 8.42. The third kappa shape index (κ3) is 4.46. The lowest BCUT2D eigenvalue weighted by molar-refractivity contribution is -0.113. The van der Waals surface area contributed by atoms with Gasteiger partial charge in [-0.05, 0) is 42.8 Å². The third-order valence-corrected chi connectivity index (χ3v) is 8.38. The summed E-state index contributed by atoms with van der Waals surface area (Å²) in [4.78, 5) is 19.0. The quantitative estimate of drug-likeness (QED) is 0.710. The van der Waals surface area contributed by atoms with Gasteiger partial charge in [0, 0.05) is 21.4 Å². The van der Waals surface area contributed by atoms with Crippen LogP contribution >= 0.6 is 35.0 Å². The normalized spacial score (nSPS) is 22.0. The van der Waals surface area contributed by atoms with Gasteiger partial charge in [0.25, 0.3) is 0 Å². The number of rotatable bonds is 4. The number of fused-ring (bicyclic) bond motifs is 1. The Kier molecular flexibility index (Phi) is 6.03. The number of nitrogens with one attached hydrogen (secondary N) is 1. The molecule has 0 saturated carbocycles. The third-order valence-electron chi connectivity index (χ3n) is 5.07. The van der Waals surface area contributed by atoms with E-state index in [0.717, 1.165) is 11.3 Å². The van der Waals surface area contributed by atoms with Crippen LogP contribution in [0.2, 0.25) is 10.0 Å². The van der Waals surface area contributed by atoms with Crippen molar-refractivity contribution in [1.82, 2.24) is 0 Å². The Hall–Kier alpha value is -1.74. The highest BCUT2D eigenvalue weighted by molar-refractivity contribution is 8.14. The molecular weight excluding hydrogens is 465 g/mol. The van der Waals surface area contributed by atoms with Crippen LogP contribution in [0.5, 0.6) is 0 Å². The first-order chi connectivity index (χ1) is 14.2. The zero-order valence-electron chi connectivity index (χ0n) is 16.0. The Morgan fingerprint density at radius 1 is 1.23 bits per heavy atom. The lowest BCUT2D eigenvalue weighted by atomic mass is 10.1. The number of hydrogen-bond donors (Lipinski definition) is 1. The maximum atomic E-state index is 12.5. The van der Waals surface area contributed by atoms with Gasteiger partial charge < -0.3 is 10.2 Å². The van der Waals surface area contributed by atoms with Crippen LogP contribution < -0.4 is 10.2 Å². The molecule has 1 amide bonds. The second-order valence-corrected chi connectivity index (χ2v) is 11.2. The number of thioether (sulfide) groups is 1. The number of anilines is 2. The number of sulfone groups is 1. The summed E-state index contributed by atoms with van der Waals surface area (Å²) in [6.07, 6.45) is 0. The number of benzene rings is 2. The molecule has 30 heavy (non-hydrogen) atoms. The van der Waals surface area contributed by atoms with E-state index in [1.807, 2.05) is 24.0 Å². The van der Waals surface area contributed by atoms with Crippen LogP contribution in [-0.4, -0.2) is 48.8 Å². The average molecular weight is 484 g/mol. The van der Waals surface area contributed by atoms with E-state index in [-0.39, 0.29) is 35.2 Å². The second-order valence-electron chi connectivity index (χ2n) is 7.22. The summed E-state index contributed by atoms with van der Waals surface area (Å²) in [5.41, 5.74) is 2.23. The maximum Gasteiger partial charge on any atom is 0.234 e. The highest BCUT2D eigenvalue weighted by Gasteiger charge is 2.47. The summed E-state index contributed by atoms with van der Waals surface area (Å²) in [5.74, 6) is -0.00404. The van der Waals surface area contributed by atoms with Crippen LogP contribution in [0, 0.1) is 6.92 Å². The Morgan fingerprint density at radius 2 is 2.00 bits per heavy atom. The molecule has 2 heterocycles. The van der Waals surface area contributed by atoms with Crippen molar-refractivity contribution in [3.8, 4) is 0 Å². The molecule has 0 aromatic heterocycles. The van der Waals surface area contributed by atoms with Crippen molar-refractivity contribution in [2.45, 2.75) is 19.0 Å². The molecule has 0 aliphatic carbocycles. The van der Waals surface area contributed by atoms with E-state index in [9.17, 15) is 13.2 Å². The Morgan fingerprint density at radius 3 is 2.77 bits per heavy atom. The fourth-order valence-corrected chi connectivity index (χ4v) is 6.75. The minimum Gasteiger partial charge on any atom is -0.325 e. The van der Waals surface area contributed by atoms with Gasteiger partial charge in [-0.3, -0.25) is 9.79 Å². The monoisotopic (exact) mass is 483 g/mol. The summed E-state index contributed by atoms with van der Waals surface area (Å²) in [5, 5.41) is 4.63. The minimum absolute atomic E-state index is 0.0205. The summed E-state index contributed by atoms with van der Waals surface area (Å²) in [7, 11) is -3.14. The van der Waals surface area contributed by atoms with Gasteiger partial charge in [-0.2, -0.15) is 0 Å². The van der Waals surface area contributed by atoms with Crippen molar-refractivity contribution in [3.05, 3.63) is 58.1 Å². The fourth-order valence-electron chi connectivity index (χ4n) is 3.62. The SMILES string of the molecule is Cc1c(Cl)cccc1NC(=O)CSC1=N[C@@H]2CS(=O)(=O)C[C@H]2N1c1cccc(Cl)c1. The minimum atomic E-state index is -3.14. The number of amides is 1. The Labute approximate surface area is 189 Å². The van der Waals surface area contributed by atoms with Gasteiger partial charge in [-0.1, -0.05) is 47.1 Å². The lowest BCUT2D eigenvalue weighted by Crippen LogP contribution is -2.39. The molecule has 6 nitrogen and oxygen atoms in total. The van der Waals surface area contributed by atoms with E-state index in [1.54, 1.807) is 30.3 Å². The van der Waals surface area contributed by atoms with E-state index >= 15 is 0 Å². The van der Waals surface area contributed by atoms with Crippen LogP contribution in [0.3, 0.4) is 0 Å². The van der Waals surface area contributed by atoms with Crippen LogP contribution in [-0.2, 0) is 14.6 Å². The zero-order chi connectivity index (χ0) is 21.5. The molecule has 2 aliphatic rings. The molecule has 2 aromatic rings. The largest absolute Gasteiger partial charge is 0.325 e. The first-order valence-corrected chi connectivity index (χ1v) is 12.8. The number of carbonyl (C=O) groups is 1. The van der Waals surface area contributed by atoms with Crippen molar-refractivity contribution in [2.75, 3.05) is 27.5 Å². The van der Waals surface area contributed by atoms with Crippen molar-refractivity contribution in [1.29, 1.82) is 0 Å². The zero-order valence-corrected chi connectivity index (χ0v) is 19.2. The molecular formula is C20H19Cl2N3O3S2. The van der Waals surface area contributed by atoms with Crippen LogP contribution in [0.4, 0.5) is 11.4 Å². The highest BCUT2D eigenvalue weighted by Crippen LogP contribution is 2.36. The number of nitrogens with zero attached hydrogens (tertiary/aromatic N) is 2. The molecule has 1 saturated heterocycles. The molecule has 158 valence electrons. The van der Waals surface area contributed by atoms with Crippen molar-refractivity contribution < 1.29 is 13.2 Å². The first-order valence-electron chi connectivity index (χ1n) is 9.24. The topological polar surface area (TPSA) is 78.8 Å². The molecule has 2 atom stereocenters. The van der Waals surface area contributed by atoms with Crippen molar-refractivity contribution in [3.63, 3.8) is 0 Å². The molecule has 10 heteroatoms. The molecule has 1 N–H and O–H groups in total. The molecule has 0 spiro atoms. The standard InChI is InChI=1S/C20H19Cl2N3O3S2/c1-12-15(22)6-3-7-16(12)23-19(26)9-29-20-24-17-10-30(27,28)11-18(17)25(20)14-5-2-4-13(21)8-14/h2-8,17-18H,9-11H2,1H3,(H,23,26)/t17-,18-/m1/s1. The Balaban J connectivity index is 1.51. The summed E-state index contributed by atoms with van der Waals surface area (Å²) < 4.78 is 24.2. The summed E-state index contributed by atoms with van der Waals surface area (Å²) in [6.45, 7) is 1.84. The first kappa shape index (κ1) is 21.5. The van der Waals surface area contributed by atoms with E-state index in [0.29, 0.717) is 20.9 Å². The van der Waals surface area contributed by atoms with Crippen LogP contribution in [0.25, 0.3) is 0 Å². The van der Waals surface area contributed by atoms with Crippen LogP contribution in [0.1, 0.15) is 5.56 Å². The van der Waals surface area contributed by atoms with Gasteiger partial charge in [0.15, 0.2) is 15.0 Å². The molecule has 0 unspecified atom stereocenters. The number of halogens is 2. The highest BCUT2D eigenvalue weighted by atomic mass is 35.5. The molecule has 2 aromatic carbocycles. The molecule has 4 rings (SSSR count). The Bertz CT molecular complexity index is 1140. The average Bonchev–Trinajstić information content (AvgIpc) is 3.14. The van der Waals surface area contributed by atoms with Crippen molar-refractivity contribution in [2.24, 2.45) is 4.99 Å². The summed E-state index contributed by atoms with van der Waals surface area (Å²) >= 11 is 13.5. The van der Waals surface area contributed by atoms with Gasteiger partial charge in [0.05, 0.1) is 29.3 Å².